The van der Waals surface area contributed by atoms with E-state index < -0.39 is 0 Å². The molecule has 1 atom stereocenters. The van der Waals surface area contributed by atoms with Gasteiger partial charge in [0.05, 0.1) is 6.54 Å². The van der Waals surface area contributed by atoms with Crippen molar-refractivity contribution in [2.75, 3.05) is 11.4 Å². The van der Waals surface area contributed by atoms with Gasteiger partial charge >= 0.3 is 5.69 Å². The number of benzene rings is 2. The molecule has 0 aliphatic carbocycles. The normalized spacial score (nSPS) is 15.9. The predicted molar refractivity (Wildman–Crippen MR) is 127 cm³/mol. The highest BCUT2D eigenvalue weighted by Gasteiger charge is 2.30. The van der Waals surface area contributed by atoms with Crippen LogP contribution in [-0.2, 0) is 20.1 Å². The van der Waals surface area contributed by atoms with Gasteiger partial charge in [-0.15, -0.1) is 0 Å². The van der Waals surface area contributed by atoms with Gasteiger partial charge in [0.2, 0.25) is 5.95 Å². The smallest absolute Gasteiger partial charge is 0.311 e. The fourth-order valence-electron chi connectivity index (χ4n) is 4.49. The second-order valence-corrected chi connectivity index (χ2v) is 8.99. The Morgan fingerprint density at radius 1 is 1.06 bits per heavy atom. The van der Waals surface area contributed by atoms with E-state index in [1.54, 1.807) is 19.2 Å². The van der Waals surface area contributed by atoms with Crippen molar-refractivity contribution >= 4 is 34.4 Å². The lowest BCUT2D eigenvalue weighted by Gasteiger charge is -2.33. The molecule has 0 N–H and O–H groups in total. The molecule has 0 amide bonds. The first kappa shape index (κ1) is 20.6. The van der Waals surface area contributed by atoms with Crippen LogP contribution in [0.3, 0.4) is 0 Å². The number of rotatable bonds is 3. The van der Waals surface area contributed by atoms with Crippen molar-refractivity contribution in [3.05, 3.63) is 85.5 Å². The lowest BCUT2D eigenvalue weighted by Crippen LogP contribution is -2.40. The number of nitrogens with zero attached hydrogens (tertiary/aromatic N) is 5. The zero-order valence-electron chi connectivity index (χ0n) is 18.2. The first-order valence-corrected chi connectivity index (χ1v) is 11.0. The third-order valence-corrected chi connectivity index (χ3v) is 6.35. The minimum Gasteiger partial charge on any atom is -0.311 e. The summed E-state index contributed by atoms with van der Waals surface area (Å²) in [6, 6.07) is 15.3. The Kier molecular flexibility index (Phi) is 4.93. The van der Waals surface area contributed by atoms with Crippen LogP contribution in [0.5, 0.6) is 0 Å². The highest BCUT2D eigenvalue weighted by atomic mass is 35.5. The second-order valence-electron chi connectivity index (χ2n) is 8.56. The molecule has 5 rings (SSSR count). The summed E-state index contributed by atoms with van der Waals surface area (Å²) in [6.07, 6.45) is 0. The number of fused-ring (bicyclic) bond motifs is 3. The average Bonchev–Trinajstić information content (AvgIpc) is 3.16. The Bertz CT molecular complexity index is 1450. The van der Waals surface area contributed by atoms with Crippen molar-refractivity contribution in [3.63, 3.8) is 0 Å². The van der Waals surface area contributed by atoms with E-state index in [-0.39, 0.29) is 17.8 Å². The van der Waals surface area contributed by atoms with E-state index in [0.717, 1.165) is 23.4 Å². The second kappa shape index (κ2) is 7.67. The maximum atomic E-state index is 13.6. The molecule has 0 radical (unpaired) electrons. The van der Waals surface area contributed by atoms with Crippen molar-refractivity contribution in [2.24, 2.45) is 13.0 Å². The van der Waals surface area contributed by atoms with E-state index in [2.05, 4.69) is 30.9 Å². The van der Waals surface area contributed by atoms with Crippen molar-refractivity contribution in [1.29, 1.82) is 0 Å². The van der Waals surface area contributed by atoms with Crippen molar-refractivity contribution < 1.29 is 0 Å². The molecule has 2 aromatic carbocycles. The van der Waals surface area contributed by atoms with Gasteiger partial charge < -0.3 is 9.47 Å². The van der Waals surface area contributed by atoms with E-state index in [9.17, 15) is 9.59 Å². The van der Waals surface area contributed by atoms with Crippen LogP contribution in [-0.4, -0.2) is 25.2 Å². The first-order valence-electron chi connectivity index (χ1n) is 10.6. The fraction of sp³-hybridized carbons (Fsp3) is 0.292. The summed E-state index contributed by atoms with van der Waals surface area (Å²) < 4.78 is 4.71. The van der Waals surface area contributed by atoms with Gasteiger partial charge in [0.25, 0.3) is 5.56 Å². The van der Waals surface area contributed by atoms with Crippen molar-refractivity contribution in [2.45, 2.75) is 26.9 Å². The highest BCUT2D eigenvalue weighted by molar-refractivity contribution is 6.30. The molecule has 0 bridgehead atoms. The molecule has 164 valence electrons. The fourth-order valence-corrected chi connectivity index (χ4v) is 4.61. The Labute approximate surface area is 190 Å². The van der Waals surface area contributed by atoms with Gasteiger partial charge in [0, 0.05) is 30.8 Å². The van der Waals surface area contributed by atoms with Gasteiger partial charge in [0.15, 0.2) is 11.2 Å². The standard InChI is InChI=1S/C24H24ClN5O2/c1-15-12-28(19-7-5-4-6-16(19)2)23-26-21-20(29(23)13-15)22(31)30(24(32)27(21)3)14-17-8-10-18(25)11-9-17/h4-11,15H,12-14H2,1-3H3/t15-/m1/s1. The first-order chi connectivity index (χ1) is 15.3. The number of para-hydroxylation sites is 1. The van der Waals surface area contributed by atoms with Crippen LogP contribution in [0.4, 0.5) is 11.6 Å². The molecule has 1 aliphatic rings. The minimum atomic E-state index is -0.386. The Morgan fingerprint density at radius 2 is 1.78 bits per heavy atom. The van der Waals surface area contributed by atoms with Crippen LogP contribution in [0.15, 0.2) is 58.1 Å². The number of aryl methyl sites for hydroxylation is 2. The van der Waals surface area contributed by atoms with E-state index in [1.165, 1.54) is 9.13 Å². The Morgan fingerprint density at radius 3 is 2.50 bits per heavy atom. The third kappa shape index (κ3) is 3.24. The van der Waals surface area contributed by atoms with Gasteiger partial charge in [-0.1, -0.05) is 48.9 Å². The lowest BCUT2D eigenvalue weighted by atomic mass is 10.1. The zero-order valence-corrected chi connectivity index (χ0v) is 19.0. The van der Waals surface area contributed by atoms with Crippen LogP contribution >= 0.6 is 11.6 Å². The predicted octanol–water partition coefficient (Wildman–Crippen LogP) is 3.69. The van der Waals surface area contributed by atoms with Crippen molar-refractivity contribution in [3.8, 4) is 0 Å². The summed E-state index contributed by atoms with van der Waals surface area (Å²) in [5.41, 5.74) is 3.19. The zero-order chi connectivity index (χ0) is 22.6. The van der Waals surface area contributed by atoms with Gasteiger partial charge in [-0.25, -0.2) is 4.79 Å². The molecule has 0 unspecified atom stereocenters. The Hall–Kier alpha value is -3.32. The maximum Gasteiger partial charge on any atom is 0.332 e. The van der Waals surface area contributed by atoms with Gasteiger partial charge in [-0.3, -0.25) is 13.9 Å². The third-order valence-electron chi connectivity index (χ3n) is 6.10. The number of hydrogen-bond acceptors (Lipinski definition) is 4. The van der Waals surface area contributed by atoms with Crippen LogP contribution in [0.25, 0.3) is 11.2 Å². The van der Waals surface area contributed by atoms with Crippen molar-refractivity contribution in [1.82, 2.24) is 18.7 Å². The van der Waals surface area contributed by atoms with Crippen LogP contribution < -0.4 is 16.1 Å². The molecule has 4 aromatic rings. The van der Waals surface area contributed by atoms with Gasteiger partial charge in [-0.2, -0.15) is 4.98 Å². The molecule has 0 saturated carbocycles. The molecular formula is C24H24ClN5O2. The number of halogens is 1. The lowest BCUT2D eigenvalue weighted by molar-refractivity contribution is 0.457. The van der Waals surface area contributed by atoms with E-state index in [0.29, 0.717) is 34.6 Å². The average molecular weight is 450 g/mol. The molecule has 7 nitrogen and oxygen atoms in total. The number of aromatic nitrogens is 4. The summed E-state index contributed by atoms with van der Waals surface area (Å²) in [6.45, 7) is 5.87. The number of anilines is 2. The Balaban J connectivity index is 1.73. The number of hydrogen-bond donors (Lipinski definition) is 0. The van der Waals surface area contributed by atoms with E-state index in [4.69, 9.17) is 16.6 Å². The summed E-state index contributed by atoms with van der Waals surface area (Å²) in [4.78, 5) is 33.6. The summed E-state index contributed by atoms with van der Waals surface area (Å²) in [5.74, 6) is 1.00. The SMILES string of the molecule is Cc1ccccc1N1C[C@@H](C)Cn2c1nc1c2c(=O)n(Cc2ccc(Cl)cc2)c(=O)n1C. The van der Waals surface area contributed by atoms with Crippen LogP contribution in [0, 0.1) is 12.8 Å². The highest BCUT2D eigenvalue weighted by Crippen LogP contribution is 2.34. The topological polar surface area (TPSA) is 65.1 Å². The quantitative estimate of drug-likeness (QED) is 0.478. The molecule has 0 saturated heterocycles. The van der Waals surface area contributed by atoms with Gasteiger partial charge in [0.1, 0.15) is 0 Å². The maximum absolute atomic E-state index is 13.6. The molecular weight excluding hydrogens is 426 g/mol. The molecule has 0 fully saturated rings. The van der Waals surface area contributed by atoms with E-state index >= 15 is 0 Å². The molecule has 1 aliphatic heterocycles. The minimum absolute atomic E-state index is 0.177. The largest absolute Gasteiger partial charge is 0.332 e. The monoisotopic (exact) mass is 449 g/mol. The molecule has 8 heteroatoms. The molecule has 3 heterocycles. The molecule has 0 spiro atoms. The molecule has 2 aromatic heterocycles. The van der Waals surface area contributed by atoms with E-state index in [1.807, 2.05) is 28.8 Å². The van der Waals surface area contributed by atoms with Crippen LogP contribution in [0.2, 0.25) is 5.02 Å². The molecule has 32 heavy (non-hydrogen) atoms. The summed E-state index contributed by atoms with van der Waals surface area (Å²) >= 11 is 5.98. The van der Waals surface area contributed by atoms with Gasteiger partial charge in [-0.05, 0) is 42.2 Å². The van der Waals surface area contributed by atoms with Crippen LogP contribution in [0.1, 0.15) is 18.1 Å². The number of imidazole rings is 1. The summed E-state index contributed by atoms with van der Waals surface area (Å²) in [5, 5.41) is 0.611. The summed E-state index contributed by atoms with van der Waals surface area (Å²) in [7, 11) is 1.67.